The van der Waals surface area contributed by atoms with Crippen LogP contribution in [0.4, 0.5) is 23.2 Å². The topological polar surface area (TPSA) is 63.8 Å². The van der Waals surface area contributed by atoms with E-state index in [0.717, 1.165) is 6.39 Å². The highest BCUT2D eigenvalue weighted by Gasteiger charge is 2.20. The molecule has 2 rings (SSSR count). The van der Waals surface area contributed by atoms with Gasteiger partial charge in [-0.3, -0.25) is 0 Å². The van der Waals surface area contributed by atoms with Crippen molar-refractivity contribution in [3.63, 3.8) is 0 Å². The highest BCUT2D eigenvalue weighted by atomic mass is 19.2. The number of halogens is 4. The second-order valence-electron chi connectivity index (χ2n) is 2.90. The van der Waals surface area contributed by atoms with Gasteiger partial charge in [-0.1, -0.05) is 5.16 Å². The highest BCUT2D eigenvalue weighted by molar-refractivity contribution is 5.45. The van der Waals surface area contributed by atoms with Crippen LogP contribution in [0.5, 0.6) is 0 Å². The molecule has 1 N–H and O–H groups in total. The molecule has 0 fully saturated rings. The predicted octanol–water partition coefficient (Wildman–Crippen LogP) is 1.63. The summed E-state index contributed by atoms with van der Waals surface area (Å²) in [7, 11) is 0. The quantitative estimate of drug-likeness (QED) is 0.660. The Morgan fingerprint density at radius 1 is 1.12 bits per heavy atom. The van der Waals surface area contributed by atoms with Crippen molar-refractivity contribution >= 4 is 5.69 Å². The average Bonchev–Trinajstić information content (AvgIpc) is 2.79. The van der Waals surface area contributed by atoms with E-state index in [1.807, 2.05) is 0 Å². The Balaban J connectivity index is 2.26. The molecule has 5 nitrogen and oxygen atoms in total. The lowest BCUT2D eigenvalue weighted by molar-refractivity contribution is 0.407. The molecule has 0 aliphatic heterocycles. The van der Waals surface area contributed by atoms with Crippen LogP contribution in [-0.2, 0) is 6.54 Å². The zero-order valence-electron chi connectivity index (χ0n) is 8.05. The van der Waals surface area contributed by atoms with Crippen LogP contribution in [0.25, 0.3) is 0 Å². The van der Waals surface area contributed by atoms with Crippen LogP contribution >= 0.6 is 0 Å². The van der Waals surface area contributed by atoms with E-state index in [2.05, 4.69) is 25.0 Å². The summed E-state index contributed by atoms with van der Waals surface area (Å²) in [5, 5.41) is 5.45. The number of hydrogen-bond acceptors (Lipinski definition) is 5. The van der Waals surface area contributed by atoms with Crippen LogP contribution in [0.2, 0.25) is 0 Å². The third kappa shape index (κ3) is 2.17. The maximum atomic E-state index is 13.1. The van der Waals surface area contributed by atoms with Gasteiger partial charge in [0.25, 0.3) is 11.9 Å². The second kappa shape index (κ2) is 4.36. The Labute approximate surface area is 91.5 Å². The molecule has 0 saturated carbocycles. The lowest BCUT2D eigenvalue weighted by Gasteiger charge is -2.06. The van der Waals surface area contributed by atoms with Crippen LogP contribution < -0.4 is 5.32 Å². The van der Waals surface area contributed by atoms with Crippen LogP contribution in [0.3, 0.4) is 0 Å². The number of hydrogen-bond donors (Lipinski definition) is 1. The molecule has 0 saturated heterocycles. The van der Waals surface area contributed by atoms with Crippen molar-refractivity contribution in [1.29, 1.82) is 0 Å². The Morgan fingerprint density at radius 3 is 2.29 bits per heavy atom. The number of rotatable bonds is 3. The summed E-state index contributed by atoms with van der Waals surface area (Å²) in [4.78, 5) is 5.95. The summed E-state index contributed by atoms with van der Waals surface area (Å²) in [5.74, 6) is -6.64. The van der Waals surface area contributed by atoms with Gasteiger partial charge in [-0.15, -0.1) is 0 Å². The predicted molar refractivity (Wildman–Crippen MR) is 45.7 cm³/mol. The molecule has 0 aliphatic carbocycles. The van der Waals surface area contributed by atoms with Crippen LogP contribution in [0, 0.1) is 23.5 Å². The molecule has 90 valence electrons. The van der Waals surface area contributed by atoms with E-state index < -0.39 is 29.2 Å². The SMILES string of the molecule is Fc1nc(F)c(F)c(NCc2ncon2)c1F. The fourth-order valence-electron chi connectivity index (χ4n) is 1.08. The van der Waals surface area contributed by atoms with Gasteiger partial charge in [0.15, 0.2) is 5.82 Å². The van der Waals surface area contributed by atoms with Crippen molar-refractivity contribution in [2.24, 2.45) is 0 Å². The highest BCUT2D eigenvalue weighted by Crippen LogP contribution is 2.22. The normalized spacial score (nSPS) is 10.6. The van der Waals surface area contributed by atoms with Crippen molar-refractivity contribution in [3.05, 3.63) is 35.7 Å². The molecule has 0 bridgehead atoms. The minimum absolute atomic E-state index is 0.0708. The molecule has 0 spiro atoms. The molecular formula is C8H4F4N4O. The zero-order valence-corrected chi connectivity index (χ0v) is 8.05. The van der Waals surface area contributed by atoms with Gasteiger partial charge in [0.2, 0.25) is 18.0 Å². The smallest absolute Gasteiger partial charge is 0.253 e. The number of nitrogens with one attached hydrogen (secondary N) is 1. The maximum Gasteiger partial charge on any atom is 0.253 e. The van der Waals surface area contributed by atoms with Gasteiger partial charge in [-0.05, 0) is 0 Å². The Hall–Kier alpha value is -2.19. The largest absolute Gasteiger partial charge is 0.373 e. The third-order valence-electron chi connectivity index (χ3n) is 1.83. The van der Waals surface area contributed by atoms with E-state index in [0.29, 0.717) is 0 Å². The van der Waals surface area contributed by atoms with Gasteiger partial charge in [0, 0.05) is 0 Å². The van der Waals surface area contributed by atoms with Crippen LogP contribution in [0.1, 0.15) is 5.82 Å². The molecule has 2 aromatic rings. The number of nitrogens with zero attached hydrogens (tertiary/aromatic N) is 3. The van der Waals surface area contributed by atoms with E-state index >= 15 is 0 Å². The molecule has 0 aromatic carbocycles. The average molecular weight is 248 g/mol. The number of aromatic nitrogens is 3. The van der Waals surface area contributed by atoms with Gasteiger partial charge in [0.1, 0.15) is 5.69 Å². The van der Waals surface area contributed by atoms with Crippen molar-refractivity contribution in [1.82, 2.24) is 15.1 Å². The van der Waals surface area contributed by atoms with Crippen LogP contribution in [-0.4, -0.2) is 15.1 Å². The molecule has 0 aliphatic rings. The standard InChI is InChI=1S/C8H4F4N4O/c9-4-6(5(10)8(12)15-7(4)11)13-1-3-14-2-17-16-3/h2H,1H2,(H,13,15). The van der Waals surface area contributed by atoms with E-state index in [4.69, 9.17) is 0 Å². The Bertz CT molecular complexity index is 505. The lowest BCUT2D eigenvalue weighted by Crippen LogP contribution is -2.10. The van der Waals surface area contributed by atoms with Gasteiger partial charge < -0.3 is 9.84 Å². The number of anilines is 1. The molecule has 0 radical (unpaired) electrons. The second-order valence-corrected chi connectivity index (χ2v) is 2.90. The van der Waals surface area contributed by atoms with Gasteiger partial charge in [0.05, 0.1) is 6.54 Å². The van der Waals surface area contributed by atoms with E-state index in [-0.39, 0.29) is 12.4 Å². The summed E-state index contributed by atoms with van der Waals surface area (Å²) in [6.07, 6.45) is 0.997. The minimum atomic E-state index is -1.74. The first-order valence-corrected chi connectivity index (χ1v) is 4.28. The summed E-state index contributed by atoms with van der Waals surface area (Å²) in [6, 6.07) is 0. The fraction of sp³-hybridized carbons (Fsp3) is 0.125. The molecular weight excluding hydrogens is 244 g/mol. The number of pyridine rings is 1. The zero-order chi connectivity index (χ0) is 12.4. The first-order chi connectivity index (χ1) is 8.09. The van der Waals surface area contributed by atoms with Gasteiger partial charge in [-0.2, -0.15) is 27.5 Å². The van der Waals surface area contributed by atoms with E-state index in [9.17, 15) is 17.6 Å². The van der Waals surface area contributed by atoms with Crippen molar-refractivity contribution < 1.29 is 22.1 Å². The third-order valence-corrected chi connectivity index (χ3v) is 1.83. The van der Waals surface area contributed by atoms with Gasteiger partial charge >= 0.3 is 0 Å². The van der Waals surface area contributed by atoms with E-state index in [1.165, 1.54) is 0 Å². The van der Waals surface area contributed by atoms with Crippen molar-refractivity contribution in [2.45, 2.75) is 6.54 Å². The minimum Gasteiger partial charge on any atom is -0.373 e. The molecule has 9 heteroatoms. The molecule has 0 unspecified atom stereocenters. The Kier molecular flexibility index (Phi) is 2.90. The molecule has 2 heterocycles. The molecule has 17 heavy (non-hydrogen) atoms. The molecule has 0 amide bonds. The van der Waals surface area contributed by atoms with Gasteiger partial charge in [-0.25, -0.2) is 0 Å². The lowest BCUT2D eigenvalue weighted by atomic mass is 10.3. The summed E-state index contributed by atoms with van der Waals surface area (Å²) in [6.45, 7) is -0.257. The molecule has 2 aromatic heterocycles. The Morgan fingerprint density at radius 2 is 1.76 bits per heavy atom. The summed E-state index contributed by atoms with van der Waals surface area (Å²) in [5.41, 5.74) is -0.972. The maximum absolute atomic E-state index is 13.1. The summed E-state index contributed by atoms with van der Waals surface area (Å²) < 4.78 is 56.0. The first kappa shape index (κ1) is 11.3. The molecule has 0 atom stereocenters. The monoisotopic (exact) mass is 248 g/mol. The van der Waals surface area contributed by atoms with Crippen molar-refractivity contribution in [2.75, 3.05) is 5.32 Å². The summed E-state index contributed by atoms with van der Waals surface area (Å²) >= 11 is 0. The van der Waals surface area contributed by atoms with Crippen molar-refractivity contribution in [3.8, 4) is 0 Å². The first-order valence-electron chi connectivity index (χ1n) is 4.28. The van der Waals surface area contributed by atoms with E-state index in [1.54, 1.807) is 0 Å². The van der Waals surface area contributed by atoms with Crippen LogP contribution in [0.15, 0.2) is 10.9 Å². The fourth-order valence-corrected chi connectivity index (χ4v) is 1.08.